The van der Waals surface area contributed by atoms with Crippen LogP contribution >= 0.6 is 0 Å². The van der Waals surface area contributed by atoms with Gasteiger partial charge in [0.15, 0.2) is 15.8 Å². The van der Waals surface area contributed by atoms with Crippen molar-refractivity contribution < 1.29 is 8.42 Å². The second-order valence-corrected chi connectivity index (χ2v) is 10.8. The molecule has 1 aliphatic heterocycles. The molecule has 25 heavy (non-hydrogen) atoms. The van der Waals surface area contributed by atoms with Crippen molar-refractivity contribution in [3.63, 3.8) is 0 Å². The Labute approximate surface area is 151 Å². The summed E-state index contributed by atoms with van der Waals surface area (Å²) in [5.74, 6) is 1.01. The maximum Gasteiger partial charge on any atom is 0.193 e. The van der Waals surface area contributed by atoms with Crippen molar-refractivity contribution in [2.24, 2.45) is 10.4 Å². The molecule has 0 aromatic heterocycles. The molecule has 1 aromatic carbocycles. The van der Waals surface area contributed by atoms with Gasteiger partial charge in [0.25, 0.3) is 0 Å². The summed E-state index contributed by atoms with van der Waals surface area (Å²) in [4.78, 5) is 6.48. The fourth-order valence-corrected chi connectivity index (χ4v) is 4.91. The summed E-state index contributed by atoms with van der Waals surface area (Å²) in [6.07, 6.45) is 3.54. The first-order chi connectivity index (χ1) is 11.8. The Balaban J connectivity index is 1.60. The average Bonchev–Trinajstić information content (AvgIpc) is 3.32. The summed E-state index contributed by atoms with van der Waals surface area (Å²) >= 11 is 0. The molecule has 0 amide bonds. The third-order valence-electron chi connectivity index (χ3n) is 5.56. The zero-order chi connectivity index (χ0) is 18.1. The zero-order valence-corrected chi connectivity index (χ0v) is 16.3. The van der Waals surface area contributed by atoms with Gasteiger partial charge in [0.2, 0.25) is 0 Å². The fourth-order valence-electron chi connectivity index (χ4n) is 3.55. The quantitative estimate of drug-likeness (QED) is 0.657. The first-order valence-corrected chi connectivity index (χ1v) is 10.6. The van der Waals surface area contributed by atoms with Crippen molar-refractivity contribution in [2.75, 3.05) is 32.4 Å². The van der Waals surface area contributed by atoms with Crippen LogP contribution in [0.1, 0.15) is 32.3 Å². The number of sulfone groups is 1. The van der Waals surface area contributed by atoms with E-state index in [0.717, 1.165) is 18.9 Å². The third kappa shape index (κ3) is 4.00. The van der Waals surface area contributed by atoms with Crippen LogP contribution in [0.3, 0.4) is 0 Å². The SMILES string of the molecule is CN=C(NCC1(Cc2ccccc2)CC1)N1CCS(=O)(=O)C(C)(C)C1. The number of nitrogens with one attached hydrogen (secondary N) is 1. The van der Waals surface area contributed by atoms with E-state index in [1.807, 2.05) is 0 Å². The van der Waals surface area contributed by atoms with Crippen LogP contribution in [0.4, 0.5) is 0 Å². The third-order valence-corrected chi connectivity index (χ3v) is 8.09. The Hall–Kier alpha value is -1.56. The Morgan fingerprint density at radius 2 is 1.92 bits per heavy atom. The molecule has 1 N–H and O–H groups in total. The molecule has 138 valence electrons. The van der Waals surface area contributed by atoms with E-state index >= 15 is 0 Å². The van der Waals surface area contributed by atoms with Crippen molar-refractivity contribution in [3.05, 3.63) is 35.9 Å². The molecular weight excluding hydrogens is 334 g/mol. The lowest BCUT2D eigenvalue weighted by Crippen LogP contribution is -2.57. The van der Waals surface area contributed by atoms with Crippen LogP contribution in [0, 0.1) is 5.41 Å². The van der Waals surface area contributed by atoms with Gasteiger partial charge in [-0.05, 0) is 44.1 Å². The van der Waals surface area contributed by atoms with Crippen molar-refractivity contribution in [2.45, 2.75) is 37.9 Å². The van der Waals surface area contributed by atoms with Gasteiger partial charge in [-0.3, -0.25) is 4.99 Å². The van der Waals surface area contributed by atoms with E-state index in [1.165, 1.54) is 18.4 Å². The van der Waals surface area contributed by atoms with Crippen molar-refractivity contribution in [1.82, 2.24) is 10.2 Å². The van der Waals surface area contributed by atoms with Gasteiger partial charge in [0.1, 0.15) is 0 Å². The molecule has 0 atom stereocenters. The number of hydrogen-bond acceptors (Lipinski definition) is 3. The van der Waals surface area contributed by atoms with E-state index < -0.39 is 14.6 Å². The van der Waals surface area contributed by atoms with Gasteiger partial charge in [-0.1, -0.05) is 30.3 Å². The standard InChI is InChI=1S/C19H29N3O2S/c1-18(2)15-22(11-12-25(18,23)24)17(20-3)21-14-19(9-10-19)13-16-7-5-4-6-8-16/h4-8H,9-15H2,1-3H3,(H,20,21). The number of aliphatic imine (C=N–C) groups is 1. The Kier molecular flexibility index (Phi) is 4.84. The minimum atomic E-state index is -3.03. The van der Waals surface area contributed by atoms with Crippen LogP contribution in [0.15, 0.2) is 35.3 Å². The normalized spacial score (nSPS) is 24.0. The van der Waals surface area contributed by atoms with Crippen molar-refractivity contribution in [3.8, 4) is 0 Å². The molecule has 1 saturated carbocycles. The number of nitrogens with zero attached hydrogens (tertiary/aromatic N) is 2. The van der Waals surface area contributed by atoms with Crippen LogP contribution < -0.4 is 5.32 Å². The lowest BCUT2D eigenvalue weighted by atomic mass is 9.96. The van der Waals surface area contributed by atoms with Crippen molar-refractivity contribution in [1.29, 1.82) is 0 Å². The van der Waals surface area contributed by atoms with E-state index in [9.17, 15) is 8.42 Å². The van der Waals surface area contributed by atoms with Gasteiger partial charge in [0, 0.05) is 26.7 Å². The Bertz CT molecular complexity index is 737. The maximum absolute atomic E-state index is 12.2. The van der Waals surface area contributed by atoms with Crippen LogP contribution in [-0.4, -0.2) is 56.5 Å². The second-order valence-electron chi connectivity index (χ2n) is 8.06. The first-order valence-electron chi connectivity index (χ1n) is 8.99. The van der Waals surface area contributed by atoms with Gasteiger partial charge in [-0.2, -0.15) is 0 Å². The minimum Gasteiger partial charge on any atom is -0.356 e. The van der Waals surface area contributed by atoms with Crippen LogP contribution in [0.25, 0.3) is 0 Å². The van der Waals surface area contributed by atoms with Gasteiger partial charge >= 0.3 is 0 Å². The molecule has 1 aliphatic carbocycles. The molecule has 0 radical (unpaired) electrons. The highest BCUT2D eigenvalue weighted by atomic mass is 32.2. The molecule has 0 spiro atoms. The summed E-state index contributed by atoms with van der Waals surface area (Å²) < 4.78 is 23.7. The highest BCUT2D eigenvalue weighted by Gasteiger charge is 2.44. The zero-order valence-electron chi connectivity index (χ0n) is 15.5. The molecule has 1 aromatic rings. The van der Waals surface area contributed by atoms with Crippen LogP contribution in [0.2, 0.25) is 0 Å². The predicted octanol–water partition coefficient (Wildman–Crippen LogP) is 2.09. The van der Waals surface area contributed by atoms with E-state index in [0.29, 0.717) is 18.5 Å². The van der Waals surface area contributed by atoms with E-state index in [1.54, 1.807) is 20.9 Å². The van der Waals surface area contributed by atoms with Crippen molar-refractivity contribution >= 4 is 15.8 Å². The minimum absolute atomic E-state index is 0.190. The highest BCUT2D eigenvalue weighted by molar-refractivity contribution is 7.92. The molecule has 6 heteroatoms. The van der Waals surface area contributed by atoms with E-state index in [2.05, 4.69) is 45.5 Å². The monoisotopic (exact) mass is 363 g/mol. The number of rotatable bonds is 4. The van der Waals surface area contributed by atoms with Gasteiger partial charge in [-0.15, -0.1) is 0 Å². The van der Waals surface area contributed by atoms with E-state index in [4.69, 9.17) is 0 Å². The Morgan fingerprint density at radius 3 is 2.48 bits per heavy atom. The maximum atomic E-state index is 12.2. The Morgan fingerprint density at radius 1 is 1.24 bits per heavy atom. The smallest absolute Gasteiger partial charge is 0.193 e. The summed E-state index contributed by atoms with van der Waals surface area (Å²) in [7, 11) is -1.26. The van der Waals surface area contributed by atoms with Crippen LogP contribution in [-0.2, 0) is 16.3 Å². The lowest BCUT2D eigenvalue weighted by molar-refractivity contribution is 0.348. The van der Waals surface area contributed by atoms with Gasteiger partial charge < -0.3 is 10.2 Å². The molecular formula is C19H29N3O2S. The number of benzene rings is 1. The van der Waals surface area contributed by atoms with Gasteiger partial charge in [0.05, 0.1) is 10.5 Å². The number of guanidine groups is 1. The summed E-state index contributed by atoms with van der Waals surface area (Å²) in [6, 6.07) is 10.6. The molecule has 1 heterocycles. The molecule has 0 unspecified atom stereocenters. The molecule has 2 fully saturated rings. The molecule has 5 nitrogen and oxygen atoms in total. The molecule has 2 aliphatic rings. The average molecular weight is 364 g/mol. The second kappa shape index (κ2) is 6.63. The van der Waals surface area contributed by atoms with Gasteiger partial charge in [-0.25, -0.2) is 8.42 Å². The molecule has 0 bridgehead atoms. The summed E-state index contributed by atoms with van der Waals surface area (Å²) in [5.41, 5.74) is 1.69. The number of hydrogen-bond donors (Lipinski definition) is 1. The highest BCUT2D eigenvalue weighted by Crippen LogP contribution is 2.47. The summed E-state index contributed by atoms with van der Waals surface area (Å²) in [5, 5.41) is 3.51. The van der Waals surface area contributed by atoms with Crippen LogP contribution in [0.5, 0.6) is 0 Å². The van der Waals surface area contributed by atoms with E-state index in [-0.39, 0.29) is 5.75 Å². The topological polar surface area (TPSA) is 61.8 Å². The largest absolute Gasteiger partial charge is 0.356 e. The lowest BCUT2D eigenvalue weighted by Gasteiger charge is -2.39. The first kappa shape index (κ1) is 18.2. The molecule has 1 saturated heterocycles. The molecule has 3 rings (SSSR count). The predicted molar refractivity (Wildman–Crippen MR) is 103 cm³/mol. The summed E-state index contributed by atoms with van der Waals surface area (Å²) in [6.45, 7) is 5.50. The fraction of sp³-hybridized carbons (Fsp3) is 0.632.